The van der Waals surface area contributed by atoms with Gasteiger partial charge in [0.2, 0.25) is 0 Å². The van der Waals surface area contributed by atoms with E-state index in [0.717, 1.165) is 22.6 Å². The predicted molar refractivity (Wildman–Crippen MR) is 133 cm³/mol. The van der Waals surface area contributed by atoms with Crippen LogP contribution in [0.3, 0.4) is 0 Å². The molecule has 4 aromatic rings. The van der Waals surface area contributed by atoms with Gasteiger partial charge in [0.15, 0.2) is 11.5 Å². The first-order valence-electron chi connectivity index (χ1n) is 11.9. The molecule has 0 saturated carbocycles. The standard InChI is InChI=1S/C28H26N4O5/c29-13-1-3-15-34-23-9-5-21(6-10-23)27-17-25(36-31-27)19-33-20-26-18-28(32-37-26)22-7-11-24(12-8-22)35-16-4-2-14-30/h5-12,17-18H,1-4,15-16,19-20H2. The number of hydrogen-bond donors (Lipinski definition) is 0. The number of hydrogen-bond acceptors (Lipinski definition) is 9. The molecule has 37 heavy (non-hydrogen) atoms. The van der Waals surface area contributed by atoms with Crippen molar-refractivity contribution in [3.8, 4) is 46.2 Å². The number of benzene rings is 2. The Morgan fingerprint density at radius 3 is 1.49 bits per heavy atom. The third kappa shape index (κ3) is 7.69. The lowest BCUT2D eigenvalue weighted by Gasteiger charge is -2.04. The zero-order chi connectivity index (χ0) is 25.7. The Morgan fingerprint density at radius 1 is 0.649 bits per heavy atom. The van der Waals surface area contributed by atoms with Crippen molar-refractivity contribution in [3.63, 3.8) is 0 Å². The molecular formula is C28H26N4O5. The smallest absolute Gasteiger partial charge is 0.163 e. The second-order valence-corrected chi connectivity index (χ2v) is 8.12. The third-order valence-electron chi connectivity index (χ3n) is 5.31. The fourth-order valence-corrected chi connectivity index (χ4v) is 3.41. The van der Waals surface area contributed by atoms with Crippen LogP contribution in [0.15, 0.2) is 69.7 Å². The lowest BCUT2D eigenvalue weighted by atomic mass is 10.1. The number of nitriles is 2. The van der Waals surface area contributed by atoms with Crippen LogP contribution >= 0.6 is 0 Å². The highest BCUT2D eigenvalue weighted by molar-refractivity contribution is 5.60. The number of ether oxygens (including phenoxy) is 3. The molecular weight excluding hydrogens is 472 g/mol. The number of nitrogens with zero attached hydrogens (tertiary/aromatic N) is 4. The normalized spacial score (nSPS) is 10.5. The number of unbranched alkanes of at least 4 members (excludes halogenated alkanes) is 2. The molecule has 2 heterocycles. The highest BCUT2D eigenvalue weighted by Crippen LogP contribution is 2.24. The summed E-state index contributed by atoms with van der Waals surface area (Å²) in [5.74, 6) is 2.68. The van der Waals surface area contributed by atoms with Crippen molar-refractivity contribution in [1.82, 2.24) is 10.3 Å². The van der Waals surface area contributed by atoms with Crippen LogP contribution in [0.2, 0.25) is 0 Å². The summed E-state index contributed by atoms with van der Waals surface area (Å²) < 4.78 is 27.7. The zero-order valence-corrected chi connectivity index (χ0v) is 20.3. The summed E-state index contributed by atoms with van der Waals surface area (Å²) in [6.07, 6.45) is 2.37. The van der Waals surface area contributed by atoms with Crippen molar-refractivity contribution in [2.24, 2.45) is 0 Å². The Hall–Kier alpha value is -4.60. The molecule has 0 amide bonds. The second kappa shape index (κ2) is 13.5. The molecule has 0 bridgehead atoms. The molecule has 0 aliphatic carbocycles. The van der Waals surface area contributed by atoms with Crippen LogP contribution in [0.25, 0.3) is 22.5 Å². The molecule has 0 aliphatic heterocycles. The van der Waals surface area contributed by atoms with Gasteiger partial charge < -0.3 is 23.3 Å². The van der Waals surface area contributed by atoms with E-state index in [4.69, 9.17) is 33.8 Å². The fraction of sp³-hybridized carbons (Fsp3) is 0.286. The Balaban J connectivity index is 1.22. The molecule has 0 aliphatic rings. The summed E-state index contributed by atoms with van der Waals surface area (Å²) in [6.45, 7) is 1.50. The van der Waals surface area contributed by atoms with Crippen LogP contribution < -0.4 is 9.47 Å². The van der Waals surface area contributed by atoms with Gasteiger partial charge in [-0.15, -0.1) is 0 Å². The largest absolute Gasteiger partial charge is 0.494 e. The molecule has 0 radical (unpaired) electrons. The molecule has 0 saturated heterocycles. The maximum atomic E-state index is 8.58. The molecule has 0 atom stereocenters. The van der Waals surface area contributed by atoms with Gasteiger partial charge in [0.1, 0.15) is 36.1 Å². The lowest BCUT2D eigenvalue weighted by molar-refractivity contribution is 0.0727. The van der Waals surface area contributed by atoms with Crippen LogP contribution in [-0.4, -0.2) is 23.5 Å². The summed E-state index contributed by atoms with van der Waals surface area (Å²) in [5.41, 5.74) is 3.21. The Bertz CT molecular complexity index is 1230. The molecule has 188 valence electrons. The van der Waals surface area contributed by atoms with Crippen molar-refractivity contribution < 1.29 is 23.3 Å². The van der Waals surface area contributed by atoms with E-state index in [1.807, 2.05) is 60.7 Å². The molecule has 9 heteroatoms. The van der Waals surface area contributed by atoms with Gasteiger partial charge in [-0.1, -0.05) is 10.3 Å². The van der Waals surface area contributed by atoms with E-state index in [1.54, 1.807) is 0 Å². The van der Waals surface area contributed by atoms with Crippen molar-refractivity contribution in [3.05, 3.63) is 72.2 Å². The van der Waals surface area contributed by atoms with E-state index in [9.17, 15) is 0 Å². The molecule has 0 N–H and O–H groups in total. The molecule has 0 spiro atoms. The van der Waals surface area contributed by atoms with Crippen molar-refractivity contribution >= 4 is 0 Å². The molecule has 2 aromatic carbocycles. The van der Waals surface area contributed by atoms with Gasteiger partial charge in [-0.25, -0.2) is 0 Å². The molecule has 4 rings (SSSR count). The monoisotopic (exact) mass is 498 g/mol. The van der Waals surface area contributed by atoms with Crippen molar-refractivity contribution in [2.45, 2.75) is 38.9 Å². The fourth-order valence-electron chi connectivity index (χ4n) is 3.41. The van der Waals surface area contributed by atoms with Gasteiger partial charge >= 0.3 is 0 Å². The van der Waals surface area contributed by atoms with Crippen molar-refractivity contribution in [2.75, 3.05) is 13.2 Å². The quantitative estimate of drug-likeness (QED) is 0.190. The maximum Gasteiger partial charge on any atom is 0.163 e. The number of aromatic nitrogens is 2. The Labute approximate surface area is 214 Å². The molecule has 2 aromatic heterocycles. The second-order valence-electron chi connectivity index (χ2n) is 8.12. The average Bonchev–Trinajstić information content (AvgIpc) is 3.60. The highest BCUT2D eigenvalue weighted by Gasteiger charge is 2.10. The number of rotatable bonds is 14. The van der Waals surface area contributed by atoms with Gasteiger partial charge in [0.05, 0.1) is 25.4 Å². The first kappa shape index (κ1) is 25.5. The van der Waals surface area contributed by atoms with Gasteiger partial charge in [-0.05, 0) is 61.4 Å². The lowest BCUT2D eigenvalue weighted by Crippen LogP contribution is -1.96. The average molecular weight is 499 g/mol. The summed E-state index contributed by atoms with van der Waals surface area (Å²) in [4.78, 5) is 0. The molecule has 9 nitrogen and oxygen atoms in total. The van der Waals surface area contributed by atoms with Crippen LogP contribution in [0.1, 0.15) is 37.2 Å². The molecule has 0 fully saturated rings. The van der Waals surface area contributed by atoms with Crippen LogP contribution in [-0.2, 0) is 18.0 Å². The Morgan fingerprint density at radius 2 is 1.08 bits per heavy atom. The summed E-state index contributed by atoms with van der Waals surface area (Å²) in [7, 11) is 0. The van der Waals surface area contributed by atoms with Crippen molar-refractivity contribution in [1.29, 1.82) is 10.5 Å². The summed E-state index contributed by atoms with van der Waals surface area (Å²) in [6, 6.07) is 23.0. The van der Waals surface area contributed by atoms with E-state index >= 15 is 0 Å². The zero-order valence-electron chi connectivity index (χ0n) is 20.3. The first-order chi connectivity index (χ1) is 18.2. The van der Waals surface area contributed by atoms with E-state index in [1.165, 1.54) is 0 Å². The molecule has 0 unspecified atom stereocenters. The van der Waals surface area contributed by atoms with Gasteiger partial charge in [0.25, 0.3) is 0 Å². The van der Waals surface area contributed by atoms with Crippen LogP contribution in [0.5, 0.6) is 11.5 Å². The van der Waals surface area contributed by atoms with Gasteiger partial charge in [0, 0.05) is 36.1 Å². The predicted octanol–water partition coefficient (Wildman–Crippen LogP) is 6.08. The SMILES string of the molecule is N#CCCCOc1ccc(-c2cc(COCc3cc(-c4ccc(OCCCC#N)cc4)no3)on2)cc1. The third-order valence-corrected chi connectivity index (χ3v) is 5.31. The van der Waals surface area contributed by atoms with Gasteiger partial charge in [-0.2, -0.15) is 10.5 Å². The highest BCUT2D eigenvalue weighted by atomic mass is 16.5. The van der Waals surface area contributed by atoms with E-state index < -0.39 is 0 Å². The minimum Gasteiger partial charge on any atom is -0.494 e. The summed E-state index contributed by atoms with van der Waals surface area (Å²) in [5, 5.41) is 25.4. The minimum atomic E-state index is 0.237. The van der Waals surface area contributed by atoms with E-state index in [0.29, 0.717) is 61.8 Å². The van der Waals surface area contributed by atoms with Crippen LogP contribution in [0.4, 0.5) is 0 Å². The van der Waals surface area contributed by atoms with E-state index in [2.05, 4.69) is 22.5 Å². The topological polar surface area (TPSA) is 127 Å². The van der Waals surface area contributed by atoms with Crippen LogP contribution in [0, 0.1) is 22.7 Å². The van der Waals surface area contributed by atoms with Gasteiger partial charge in [-0.3, -0.25) is 0 Å². The van der Waals surface area contributed by atoms with E-state index in [-0.39, 0.29) is 13.2 Å². The summed E-state index contributed by atoms with van der Waals surface area (Å²) >= 11 is 0. The first-order valence-corrected chi connectivity index (χ1v) is 11.9. The Kier molecular flexibility index (Phi) is 9.29. The minimum absolute atomic E-state index is 0.237. The maximum absolute atomic E-state index is 8.58.